The van der Waals surface area contributed by atoms with Crippen LogP contribution in [0.15, 0.2) is 10.2 Å². The van der Waals surface area contributed by atoms with E-state index in [-0.39, 0.29) is 16.8 Å². The first kappa shape index (κ1) is 32.5. The van der Waals surface area contributed by atoms with Gasteiger partial charge in [0.15, 0.2) is 21.3 Å². The van der Waals surface area contributed by atoms with Crippen LogP contribution in [-0.2, 0) is 47.8 Å². The van der Waals surface area contributed by atoms with E-state index in [1.807, 2.05) is 0 Å². The predicted molar refractivity (Wildman–Crippen MR) is 142 cm³/mol. The molecule has 0 aromatic rings. The van der Waals surface area contributed by atoms with Crippen LogP contribution in [0.5, 0.6) is 0 Å². The number of hydrazone groups is 2. The van der Waals surface area contributed by atoms with Crippen molar-refractivity contribution >= 4 is 75.4 Å². The third kappa shape index (κ3) is 8.41. The maximum Gasteiger partial charge on any atom is 0.303 e. The van der Waals surface area contributed by atoms with Crippen LogP contribution in [0.4, 0.5) is 0 Å². The number of hydrogen-bond donors (Lipinski definition) is 2. The topological polar surface area (TPSA) is 202 Å². The van der Waals surface area contributed by atoms with Crippen LogP contribution in [0.2, 0.25) is 0 Å². The Bertz CT molecular complexity index is 1160. The Labute approximate surface area is 237 Å². The summed E-state index contributed by atoms with van der Waals surface area (Å²) in [4.78, 5) is 83.3. The molecule has 0 saturated carbocycles. The van der Waals surface area contributed by atoms with Gasteiger partial charge in [-0.2, -0.15) is 0 Å². The number of amides is 4. The number of rotatable bonds is 8. The predicted octanol–water partition coefficient (Wildman–Crippen LogP) is -0.170. The Morgan fingerprint density at radius 1 is 0.800 bits per heavy atom. The number of esters is 3. The molecule has 0 spiro atoms. The highest BCUT2D eigenvalue weighted by atomic mass is 32.2. The molecule has 220 valence electrons. The standard InChI is InChI=1S/C22H30N6O10S2/c1-10(29)23-20-25-27(12(3)31)19(39-20)22(28(13(4)32)26-21(40-22)24-11(2)30)8-17(37-15(6)34)18(38-16(7)35)9-36-14(5)33/h17-19H,8-9H2,1-7H3,(H,23,25,29)(H,24,26,30)/t17-,18+,19+,22+/m0/s1. The Balaban J connectivity index is 2.70. The van der Waals surface area contributed by atoms with Gasteiger partial charge >= 0.3 is 17.9 Å². The summed E-state index contributed by atoms with van der Waals surface area (Å²) >= 11 is 1.77. The molecule has 40 heavy (non-hydrogen) atoms. The minimum Gasteiger partial charge on any atom is -0.462 e. The number of ether oxygens (including phenoxy) is 3. The fourth-order valence-electron chi connectivity index (χ4n) is 3.76. The van der Waals surface area contributed by atoms with Crippen molar-refractivity contribution in [3.8, 4) is 0 Å². The number of nitrogens with zero attached hydrogens (tertiary/aromatic N) is 4. The van der Waals surface area contributed by atoms with Crippen LogP contribution >= 0.6 is 23.5 Å². The van der Waals surface area contributed by atoms with Gasteiger partial charge in [0.2, 0.25) is 23.6 Å². The molecule has 0 aromatic heterocycles. The molecule has 0 aliphatic carbocycles. The lowest BCUT2D eigenvalue weighted by Gasteiger charge is -2.43. The molecule has 18 heteroatoms. The molecule has 2 heterocycles. The van der Waals surface area contributed by atoms with E-state index in [0.717, 1.165) is 54.3 Å². The van der Waals surface area contributed by atoms with Crippen molar-refractivity contribution in [2.24, 2.45) is 10.2 Å². The summed E-state index contributed by atoms with van der Waals surface area (Å²) in [6.45, 7) is 7.69. The van der Waals surface area contributed by atoms with Crippen LogP contribution in [0, 0.1) is 0 Å². The van der Waals surface area contributed by atoms with E-state index in [1.54, 1.807) is 0 Å². The molecule has 2 N–H and O–H groups in total. The average molecular weight is 603 g/mol. The lowest BCUT2D eigenvalue weighted by Crippen LogP contribution is -2.59. The lowest BCUT2D eigenvalue weighted by molar-refractivity contribution is -0.175. The molecule has 4 atom stereocenters. The average Bonchev–Trinajstić information content (AvgIpc) is 3.37. The highest BCUT2D eigenvalue weighted by Crippen LogP contribution is 2.51. The van der Waals surface area contributed by atoms with Crippen molar-refractivity contribution in [2.45, 2.75) is 77.3 Å². The fraction of sp³-hybridized carbons (Fsp3) is 0.591. The van der Waals surface area contributed by atoms with E-state index in [9.17, 15) is 33.6 Å². The van der Waals surface area contributed by atoms with E-state index in [1.165, 1.54) is 27.7 Å². The minimum absolute atomic E-state index is 0.0228. The van der Waals surface area contributed by atoms with E-state index in [2.05, 4.69) is 20.8 Å². The Kier molecular flexibility index (Phi) is 11.1. The molecular weight excluding hydrogens is 572 g/mol. The van der Waals surface area contributed by atoms with Gasteiger partial charge in [-0.1, -0.05) is 23.5 Å². The zero-order chi connectivity index (χ0) is 30.4. The van der Waals surface area contributed by atoms with Crippen molar-refractivity contribution in [3.63, 3.8) is 0 Å². The summed E-state index contributed by atoms with van der Waals surface area (Å²) < 4.78 is 15.9. The summed E-state index contributed by atoms with van der Waals surface area (Å²) in [6.07, 6.45) is -3.07. The monoisotopic (exact) mass is 602 g/mol. The number of hydrogen-bond acceptors (Lipinski definition) is 14. The van der Waals surface area contributed by atoms with Gasteiger partial charge in [-0.15, -0.1) is 10.2 Å². The zero-order valence-corrected chi connectivity index (χ0v) is 24.5. The second-order valence-corrected chi connectivity index (χ2v) is 11.0. The molecule has 2 rings (SSSR count). The maximum absolute atomic E-state index is 13.0. The van der Waals surface area contributed by atoms with Gasteiger partial charge in [-0.3, -0.25) is 33.6 Å². The molecule has 0 bridgehead atoms. The van der Waals surface area contributed by atoms with E-state index < -0.39 is 70.6 Å². The maximum atomic E-state index is 13.0. The second-order valence-electron chi connectivity index (χ2n) is 8.59. The van der Waals surface area contributed by atoms with Crippen LogP contribution in [-0.4, -0.2) is 90.9 Å². The quantitative estimate of drug-likeness (QED) is 0.275. The van der Waals surface area contributed by atoms with Crippen LogP contribution in [0.25, 0.3) is 0 Å². The normalized spacial score (nSPS) is 21.4. The van der Waals surface area contributed by atoms with Crippen LogP contribution in [0.1, 0.15) is 54.9 Å². The Morgan fingerprint density at radius 3 is 1.82 bits per heavy atom. The summed E-state index contributed by atoms with van der Waals surface area (Å²) in [5, 5.41) is 14.3. The SMILES string of the molecule is CC(=O)NC1=NN(C(C)=O)[C@@H]([C@@]2(C[C@H](OC(C)=O)[C@@H](COC(C)=O)OC(C)=O)SC(NC(C)=O)=NN2C(C)=O)S1. The van der Waals surface area contributed by atoms with Gasteiger partial charge < -0.3 is 24.8 Å². The Hall–Kier alpha value is -3.67. The van der Waals surface area contributed by atoms with Gasteiger partial charge in [0, 0.05) is 54.9 Å². The van der Waals surface area contributed by atoms with Gasteiger partial charge in [-0.25, -0.2) is 10.0 Å². The number of amidine groups is 2. The number of nitrogens with one attached hydrogen (secondary N) is 2. The van der Waals surface area contributed by atoms with Crippen molar-refractivity contribution in [2.75, 3.05) is 6.61 Å². The third-order valence-corrected chi connectivity index (χ3v) is 7.70. The highest BCUT2D eigenvalue weighted by molar-refractivity contribution is 8.18. The summed E-state index contributed by atoms with van der Waals surface area (Å²) in [6, 6.07) is 0. The molecule has 0 fully saturated rings. The van der Waals surface area contributed by atoms with E-state index >= 15 is 0 Å². The molecule has 2 aliphatic heterocycles. The van der Waals surface area contributed by atoms with Gasteiger partial charge in [0.1, 0.15) is 18.1 Å². The van der Waals surface area contributed by atoms with Crippen molar-refractivity contribution in [1.82, 2.24) is 20.7 Å². The summed E-state index contributed by atoms with van der Waals surface area (Å²) in [5.41, 5.74) is 0. The molecule has 0 saturated heterocycles. The first-order valence-corrected chi connectivity index (χ1v) is 13.4. The first-order chi connectivity index (χ1) is 18.5. The van der Waals surface area contributed by atoms with E-state index in [0.29, 0.717) is 0 Å². The Morgan fingerprint density at radius 2 is 1.35 bits per heavy atom. The third-order valence-electron chi connectivity index (χ3n) is 5.03. The van der Waals surface area contributed by atoms with Gasteiger partial charge in [0.05, 0.1) is 0 Å². The molecule has 0 unspecified atom stereocenters. The number of carbonyl (C=O) groups excluding carboxylic acids is 7. The summed E-state index contributed by atoms with van der Waals surface area (Å²) in [5.74, 6) is -4.46. The van der Waals surface area contributed by atoms with Crippen molar-refractivity contribution < 1.29 is 47.8 Å². The minimum atomic E-state index is -1.67. The zero-order valence-electron chi connectivity index (χ0n) is 22.8. The van der Waals surface area contributed by atoms with Gasteiger partial charge in [0.25, 0.3) is 0 Å². The smallest absolute Gasteiger partial charge is 0.303 e. The molecule has 4 amide bonds. The molecule has 0 radical (unpaired) electrons. The largest absolute Gasteiger partial charge is 0.462 e. The van der Waals surface area contributed by atoms with Crippen molar-refractivity contribution in [3.05, 3.63) is 0 Å². The fourth-order valence-corrected chi connectivity index (χ4v) is 6.63. The summed E-state index contributed by atoms with van der Waals surface area (Å²) in [7, 11) is 0. The molecule has 0 aromatic carbocycles. The molecule has 16 nitrogen and oxygen atoms in total. The first-order valence-electron chi connectivity index (χ1n) is 11.7. The van der Waals surface area contributed by atoms with Gasteiger partial charge in [-0.05, 0) is 0 Å². The number of thioether (sulfide) groups is 2. The highest BCUT2D eigenvalue weighted by Gasteiger charge is 2.59. The molecular formula is C22H30N6O10S2. The molecule has 2 aliphatic rings. The van der Waals surface area contributed by atoms with Crippen LogP contribution in [0.3, 0.4) is 0 Å². The van der Waals surface area contributed by atoms with Crippen LogP contribution < -0.4 is 10.6 Å². The van der Waals surface area contributed by atoms with E-state index in [4.69, 9.17) is 14.2 Å². The van der Waals surface area contributed by atoms with Crippen molar-refractivity contribution in [1.29, 1.82) is 0 Å². The second kappa shape index (κ2) is 13.6. The number of carbonyl (C=O) groups is 7. The lowest BCUT2D eigenvalue weighted by atomic mass is 10.0.